The molecule has 0 saturated heterocycles. The molecule has 1 aromatic carbocycles. The van der Waals surface area contributed by atoms with Crippen LogP contribution >= 0.6 is 22.7 Å². The molecule has 3 heterocycles. The number of aryl methyl sites for hydroxylation is 1. The van der Waals surface area contributed by atoms with Crippen LogP contribution in [0, 0.1) is 6.92 Å². The Labute approximate surface area is 205 Å². The lowest BCUT2D eigenvalue weighted by Gasteiger charge is -2.26. The van der Waals surface area contributed by atoms with Crippen molar-refractivity contribution in [3.05, 3.63) is 76.6 Å². The first-order valence-electron chi connectivity index (χ1n) is 10.7. The Hall–Kier alpha value is -3.17. The second-order valence-electron chi connectivity index (χ2n) is 8.11. The first-order valence-corrected chi connectivity index (χ1v) is 12.4. The predicted octanol–water partition coefficient (Wildman–Crippen LogP) is 3.57. The summed E-state index contributed by atoms with van der Waals surface area (Å²) in [6, 6.07) is 6.56. The summed E-state index contributed by atoms with van der Waals surface area (Å²) < 4.78 is 18.7. The van der Waals surface area contributed by atoms with Crippen LogP contribution in [0.1, 0.15) is 42.8 Å². The Balaban J connectivity index is 2.03. The normalized spacial score (nSPS) is 15.9. The van der Waals surface area contributed by atoms with Crippen LogP contribution in [0.4, 0.5) is 0 Å². The number of thiazole rings is 1. The minimum absolute atomic E-state index is 0.228. The van der Waals surface area contributed by atoms with Crippen LogP contribution in [-0.2, 0) is 9.53 Å². The lowest BCUT2D eigenvalue weighted by molar-refractivity contribution is -0.143. The van der Waals surface area contributed by atoms with Crippen molar-refractivity contribution in [1.82, 2.24) is 4.57 Å². The number of methoxy groups -OCH3 is 2. The van der Waals surface area contributed by atoms with Gasteiger partial charge in [-0.15, -0.1) is 11.3 Å². The number of thiophene rings is 1. The molecule has 4 rings (SSSR count). The molecule has 2 aromatic heterocycles. The van der Waals surface area contributed by atoms with E-state index in [1.807, 2.05) is 24.4 Å². The van der Waals surface area contributed by atoms with Gasteiger partial charge in [-0.2, -0.15) is 0 Å². The molecule has 7 nitrogen and oxygen atoms in total. The zero-order chi connectivity index (χ0) is 24.6. The molecule has 9 heteroatoms. The first-order chi connectivity index (χ1) is 16.2. The average molecular weight is 499 g/mol. The number of nitrogens with zero attached hydrogens (tertiary/aromatic N) is 2. The van der Waals surface area contributed by atoms with Crippen molar-refractivity contribution >= 4 is 34.7 Å². The minimum Gasteiger partial charge on any atom is -0.497 e. The fraction of sp³-hybridized carbons (Fsp3) is 0.320. The van der Waals surface area contributed by atoms with E-state index in [0.717, 1.165) is 10.4 Å². The third-order valence-electron chi connectivity index (χ3n) is 5.48. The molecular formula is C25H26N2O5S2. The van der Waals surface area contributed by atoms with Crippen molar-refractivity contribution < 1.29 is 19.0 Å². The summed E-state index contributed by atoms with van der Waals surface area (Å²) in [5.74, 6) is 0.590. The molecule has 0 saturated carbocycles. The second-order valence-corrected chi connectivity index (χ2v) is 10.1. The molecule has 0 radical (unpaired) electrons. The fourth-order valence-electron chi connectivity index (χ4n) is 3.86. The molecular weight excluding hydrogens is 472 g/mol. The summed E-state index contributed by atoms with van der Waals surface area (Å²) in [5.41, 5.74) is 2.28. The molecule has 1 aliphatic heterocycles. The van der Waals surface area contributed by atoms with Crippen LogP contribution in [-0.4, -0.2) is 30.9 Å². The number of hydrogen-bond acceptors (Lipinski definition) is 8. The number of aromatic nitrogens is 1. The smallest absolute Gasteiger partial charge is 0.338 e. The van der Waals surface area contributed by atoms with Crippen LogP contribution in [0.2, 0.25) is 0 Å². The zero-order valence-corrected chi connectivity index (χ0v) is 21.5. The summed E-state index contributed by atoms with van der Waals surface area (Å²) in [5, 5.41) is 1.99. The molecule has 0 amide bonds. The van der Waals surface area contributed by atoms with E-state index >= 15 is 0 Å². The van der Waals surface area contributed by atoms with Gasteiger partial charge in [0.1, 0.15) is 17.5 Å². The summed E-state index contributed by atoms with van der Waals surface area (Å²) >= 11 is 2.87. The lowest BCUT2D eigenvalue weighted by atomic mass is 9.94. The van der Waals surface area contributed by atoms with Gasteiger partial charge in [0, 0.05) is 10.4 Å². The van der Waals surface area contributed by atoms with Crippen LogP contribution in [0.5, 0.6) is 11.5 Å². The van der Waals surface area contributed by atoms with Gasteiger partial charge in [0.2, 0.25) is 0 Å². The van der Waals surface area contributed by atoms with Crippen molar-refractivity contribution in [3.63, 3.8) is 0 Å². The summed E-state index contributed by atoms with van der Waals surface area (Å²) in [6.07, 6.45) is 1.56. The number of esters is 1. The maximum atomic E-state index is 13.7. The first kappa shape index (κ1) is 24.0. The molecule has 3 aromatic rings. The van der Waals surface area contributed by atoms with E-state index in [0.29, 0.717) is 37.7 Å². The molecule has 1 atom stereocenters. The van der Waals surface area contributed by atoms with Gasteiger partial charge in [-0.25, -0.2) is 9.79 Å². The quantitative estimate of drug-likeness (QED) is 0.486. The highest BCUT2D eigenvalue weighted by molar-refractivity contribution is 7.11. The van der Waals surface area contributed by atoms with Crippen molar-refractivity contribution in [2.45, 2.75) is 39.8 Å². The third-order valence-corrected chi connectivity index (χ3v) is 7.43. The van der Waals surface area contributed by atoms with Gasteiger partial charge >= 0.3 is 5.97 Å². The highest BCUT2D eigenvalue weighted by Gasteiger charge is 2.35. The number of benzene rings is 1. The van der Waals surface area contributed by atoms with Crippen molar-refractivity contribution in [1.29, 1.82) is 0 Å². The minimum atomic E-state index is -0.779. The molecule has 0 unspecified atom stereocenters. The number of allylic oxidation sites excluding steroid dienone is 1. The summed E-state index contributed by atoms with van der Waals surface area (Å²) in [6.45, 7) is 7.34. The fourth-order valence-corrected chi connectivity index (χ4v) is 5.82. The van der Waals surface area contributed by atoms with Crippen molar-refractivity contribution in [2.24, 2.45) is 4.99 Å². The van der Waals surface area contributed by atoms with Gasteiger partial charge in [0.15, 0.2) is 4.80 Å². The SMILES string of the molecule is COc1ccc(OC)c([C@H]2C(C(=O)OC(C)C)=C(C)N=c3s/c(=C/c4sccc4C)c(=O)n32)c1. The van der Waals surface area contributed by atoms with E-state index in [9.17, 15) is 9.59 Å². The Kier molecular flexibility index (Phi) is 6.77. The maximum absolute atomic E-state index is 13.7. The molecule has 0 bridgehead atoms. The molecule has 34 heavy (non-hydrogen) atoms. The van der Waals surface area contributed by atoms with Crippen molar-refractivity contribution in [3.8, 4) is 11.5 Å². The number of rotatable bonds is 6. The molecule has 1 aliphatic rings. The number of carbonyl (C=O) groups is 1. The van der Waals surface area contributed by atoms with Crippen LogP contribution in [0.15, 0.2) is 50.7 Å². The zero-order valence-electron chi connectivity index (χ0n) is 19.9. The van der Waals surface area contributed by atoms with Gasteiger partial charge < -0.3 is 14.2 Å². The molecule has 0 fully saturated rings. The topological polar surface area (TPSA) is 79.1 Å². The number of fused-ring (bicyclic) bond motifs is 1. The Morgan fingerprint density at radius 3 is 2.56 bits per heavy atom. The highest BCUT2D eigenvalue weighted by Crippen LogP contribution is 2.38. The summed E-state index contributed by atoms with van der Waals surface area (Å²) in [7, 11) is 3.12. The molecule has 0 aliphatic carbocycles. The Morgan fingerprint density at radius 1 is 1.18 bits per heavy atom. The van der Waals surface area contributed by atoms with Crippen LogP contribution < -0.4 is 24.4 Å². The molecule has 178 valence electrons. The summed E-state index contributed by atoms with van der Waals surface area (Å²) in [4.78, 5) is 33.1. The van der Waals surface area contributed by atoms with Gasteiger partial charge in [-0.3, -0.25) is 9.36 Å². The lowest BCUT2D eigenvalue weighted by Crippen LogP contribution is -2.40. The van der Waals surface area contributed by atoms with E-state index < -0.39 is 12.0 Å². The van der Waals surface area contributed by atoms with Gasteiger partial charge in [0.25, 0.3) is 5.56 Å². The monoisotopic (exact) mass is 498 g/mol. The van der Waals surface area contributed by atoms with Gasteiger partial charge in [-0.05, 0) is 69.0 Å². The van der Waals surface area contributed by atoms with E-state index in [-0.39, 0.29) is 11.7 Å². The predicted molar refractivity (Wildman–Crippen MR) is 134 cm³/mol. The standard InChI is InChI=1S/C25H26N2O5S2/c1-13(2)32-24(29)21-15(4)26-25-27(22(21)17-11-16(30-5)7-8-18(17)31-6)23(28)20(34-25)12-19-14(3)9-10-33-19/h7-13,22H,1-6H3/b20-12+/t22-/m0/s1. The van der Waals surface area contributed by atoms with Gasteiger partial charge in [0.05, 0.1) is 36.1 Å². The second kappa shape index (κ2) is 9.60. The van der Waals surface area contributed by atoms with Gasteiger partial charge in [-0.1, -0.05) is 11.3 Å². The van der Waals surface area contributed by atoms with Crippen LogP contribution in [0.3, 0.4) is 0 Å². The largest absolute Gasteiger partial charge is 0.497 e. The molecule has 0 spiro atoms. The van der Waals surface area contributed by atoms with E-state index in [4.69, 9.17) is 14.2 Å². The van der Waals surface area contributed by atoms with Crippen molar-refractivity contribution in [2.75, 3.05) is 14.2 Å². The van der Waals surface area contributed by atoms with E-state index in [1.165, 1.54) is 11.3 Å². The Bertz CT molecular complexity index is 1460. The number of carbonyl (C=O) groups excluding carboxylic acids is 1. The Morgan fingerprint density at radius 2 is 1.94 bits per heavy atom. The number of hydrogen-bond donors (Lipinski definition) is 0. The van der Waals surface area contributed by atoms with E-state index in [1.54, 1.807) is 69.1 Å². The van der Waals surface area contributed by atoms with Crippen LogP contribution in [0.25, 0.3) is 6.08 Å². The average Bonchev–Trinajstić information content (AvgIpc) is 3.34. The highest BCUT2D eigenvalue weighted by atomic mass is 32.1. The van der Waals surface area contributed by atoms with E-state index in [2.05, 4.69) is 4.99 Å². The third kappa shape index (κ3) is 4.33. The maximum Gasteiger partial charge on any atom is 0.338 e. The molecule has 0 N–H and O–H groups in total. The number of ether oxygens (including phenoxy) is 3.